The summed E-state index contributed by atoms with van der Waals surface area (Å²) in [4.78, 5) is 19.8. The third-order valence-electron chi connectivity index (χ3n) is 2.90. The molecular weight excluding hydrogens is 291 g/mol. The van der Waals surface area contributed by atoms with Gasteiger partial charge in [0.25, 0.3) is 0 Å². The molecule has 4 nitrogen and oxygen atoms in total. The number of rotatable bonds is 3. The van der Waals surface area contributed by atoms with E-state index < -0.39 is 11.8 Å². The van der Waals surface area contributed by atoms with E-state index in [1.807, 2.05) is 24.3 Å². The number of carbonyl (C=O) groups is 1. The molecular formula is C15H9FN2O2S. The van der Waals surface area contributed by atoms with Crippen LogP contribution in [0.4, 0.5) is 4.39 Å². The van der Waals surface area contributed by atoms with Crippen LogP contribution in [-0.2, 0) is 0 Å². The van der Waals surface area contributed by atoms with Gasteiger partial charge in [-0.1, -0.05) is 36.0 Å². The molecule has 0 bridgehead atoms. The summed E-state index contributed by atoms with van der Waals surface area (Å²) in [6, 6.07) is 11.6. The van der Waals surface area contributed by atoms with E-state index in [9.17, 15) is 9.18 Å². The summed E-state index contributed by atoms with van der Waals surface area (Å²) in [6.07, 6.45) is 1.41. The Morgan fingerprint density at radius 2 is 1.90 bits per heavy atom. The third-order valence-corrected chi connectivity index (χ3v) is 3.98. The molecule has 0 amide bonds. The maximum absolute atomic E-state index is 13.7. The number of para-hydroxylation sites is 1. The minimum atomic E-state index is -1.30. The van der Waals surface area contributed by atoms with Crippen molar-refractivity contribution in [3.8, 4) is 0 Å². The highest BCUT2D eigenvalue weighted by Crippen LogP contribution is 2.33. The van der Waals surface area contributed by atoms with Crippen molar-refractivity contribution < 1.29 is 14.3 Å². The highest BCUT2D eigenvalue weighted by molar-refractivity contribution is 7.99. The molecule has 0 aliphatic rings. The monoisotopic (exact) mass is 300 g/mol. The zero-order chi connectivity index (χ0) is 14.8. The lowest BCUT2D eigenvalue weighted by molar-refractivity contribution is 0.0688. The number of aromatic carboxylic acids is 1. The van der Waals surface area contributed by atoms with E-state index in [1.54, 1.807) is 6.07 Å². The largest absolute Gasteiger partial charge is 0.478 e. The lowest BCUT2D eigenvalue weighted by Gasteiger charge is -2.07. The summed E-state index contributed by atoms with van der Waals surface area (Å²) in [5, 5.41) is 10.5. The van der Waals surface area contributed by atoms with Gasteiger partial charge in [-0.05, 0) is 18.2 Å². The van der Waals surface area contributed by atoms with Crippen molar-refractivity contribution in [1.29, 1.82) is 0 Å². The predicted molar refractivity (Wildman–Crippen MR) is 77.0 cm³/mol. The van der Waals surface area contributed by atoms with Gasteiger partial charge in [0.2, 0.25) is 0 Å². The normalized spacial score (nSPS) is 10.7. The molecule has 0 spiro atoms. The van der Waals surface area contributed by atoms with E-state index in [1.165, 1.54) is 12.4 Å². The molecule has 2 aromatic carbocycles. The van der Waals surface area contributed by atoms with Crippen molar-refractivity contribution in [2.45, 2.75) is 9.92 Å². The zero-order valence-corrected chi connectivity index (χ0v) is 11.5. The average Bonchev–Trinajstić information content (AvgIpc) is 2.47. The van der Waals surface area contributed by atoms with E-state index in [-0.39, 0.29) is 5.56 Å². The summed E-state index contributed by atoms with van der Waals surface area (Å²) in [5.74, 6) is -2.06. The third kappa shape index (κ3) is 2.57. The van der Waals surface area contributed by atoms with Crippen LogP contribution in [0.1, 0.15) is 10.4 Å². The van der Waals surface area contributed by atoms with Gasteiger partial charge < -0.3 is 5.11 Å². The van der Waals surface area contributed by atoms with Crippen LogP contribution in [-0.4, -0.2) is 21.0 Å². The topological polar surface area (TPSA) is 63.1 Å². The minimum Gasteiger partial charge on any atom is -0.478 e. The molecule has 0 saturated carbocycles. The number of hydrogen-bond donors (Lipinski definition) is 1. The summed E-state index contributed by atoms with van der Waals surface area (Å²) >= 11 is 1.11. The molecule has 0 unspecified atom stereocenters. The fourth-order valence-corrected chi connectivity index (χ4v) is 2.99. The number of benzene rings is 2. The van der Waals surface area contributed by atoms with Gasteiger partial charge in [-0.15, -0.1) is 0 Å². The first-order valence-electron chi connectivity index (χ1n) is 6.06. The molecule has 0 saturated heterocycles. The lowest BCUT2D eigenvalue weighted by atomic mass is 10.2. The van der Waals surface area contributed by atoms with Gasteiger partial charge in [0.05, 0.1) is 5.52 Å². The van der Waals surface area contributed by atoms with Crippen molar-refractivity contribution >= 4 is 28.6 Å². The summed E-state index contributed by atoms with van der Waals surface area (Å²) in [6.45, 7) is 0. The molecule has 0 aliphatic heterocycles. The van der Waals surface area contributed by atoms with Crippen LogP contribution in [0.3, 0.4) is 0 Å². The molecule has 3 aromatic rings. The predicted octanol–water partition coefficient (Wildman–Crippen LogP) is 3.62. The second-order valence-electron chi connectivity index (χ2n) is 4.22. The molecule has 1 aromatic heterocycles. The maximum atomic E-state index is 13.7. The van der Waals surface area contributed by atoms with E-state index >= 15 is 0 Å². The molecule has 1 heterocycles. The summed E-state index contributed by atoms with van der Waals surface area (Å²) in [7, 11) is 0. The van der Waals surface area contributed by atoms with Gasteiger partial charge in [-0.25, -0.2) is 19.2 Å². The summed E-state index contributed by atoms with van der Waals surface area (Å²) < 4.78 is 13.7. The van der Waals surface area contributed by atoms with E-state index in [0.717, 1.165) is 28.7 Å². The lowest BCUT2D eigenvalue weighted by Crippen LogP contribution is -2.02. The number of nitrogens with zero attached hydrogens (tertiary/aromatic N) is 2. The number of hydrogen-bond acceptors (Lipinski definition) is 4. The van der Waals surface area contributed by atoms with Crippen LogP contribution in [0.25, 0.3) is 10.9 Å². The van der Waals surface area contributed by atoms with Gasteiger partial charge >= 0.3 is 5.97 Å². The van der Waals surface area contributed by atoms with Gasteiger partial charge in [0.1, 0.15) is 22.7 Å². The smallest absolute Gasteiger partial charge is 0.339 e. The van der Waals surface area contributed by atoms with Crippen LogP contribution in [0, 0.1) is 5.82 Å². The van der Waals surface area contributed by atoms with E-state index in [4.69, 9.17) is 5.11 Å². The molecule has 0 aliphatic carbocycles. The SMILES string of the molecule is O=C(O)c1c(F)cccc1Sc1ncnc2ccccc12. The Morgan fingerprint density at radius 3 is 2.71 bits per heavy atom. The number of carboxylic acid groups (broad SMARTS) is 1. The minimum absolute atomic E-state index is 0.311. The highest BCUT2D eigenvalue weighted by Gasteiger charge is 2.17. The number of aromatic nitrogens is 2. The molecule has 104 valence electrons. The second kappa shape index (κ2) is 5.49. The number of halogens is 1. The van der Waals surface area contributed by atoms with Crippen LogP contribution in [0.15, 0.2) is 58.7 Å². The first-order valence-corrected chi connectivity index (χ1v) is 6.88. The fraction of sp³-hybridized carbons (Fsp3) is 0. The Bertz CT molecular complexity index is 834. The van der Waals surface area contributed by atoms with E-state index in [2.05, 4.69) is 9.97 Å². The summed E-state index contributed by atoms with van der Waals surface area (Å²) in [5.41, 5.74) is 0.411. The first kappa shape index (κ1) is 13.5. The molecule has 0 radical (unpaired) electrons. The average molecular weight is 300 g/mol. The Balaban J connectivity index is 2.12. The quantitative estimate of drug-likeness (QED) is 0.748. The van der Waals surface area contributed by atoms with Gasteiger partial charge in [-0.3, -0.25) is 0 Å². The van der Waals surface area contributed by atoms with Gasteiger partial charge in [0.15, 0.2) is 0 Å². The molecule has 0 atom stereocenters. The van der Waals surface area contributed by atoms with Crippen molar-refractivity contribution in [2.24, 2.45) is 0 Å². The van der Waals surface area contributed by atoms with Crippen LogP contribution in [0.2, 0.25) is 0 Å². The van der Waals surface area contributed by atoms with Crippen molar-refractivity contribution in [2.75, 3.05) is 0 Å². The molecule has 21 heavy (non-hydrogen) atoms. The van der Waals surface area contributed by atoms with Crippen LogP contribution < -0.4 is 0 Å². The maximum Gasteiger partial charge on any atom is 0.339 e. The number of fused-ring (bicyclic) bond motifs is 1. The molecule has 1 N–H and O–H groups in total. The van der Waals surface area contributed by atoms with Gasteiger partial charge in [0, 0.05) is 10.3 Å². The molecule has 6 heteroatoms. The Kier molecular flexibility index (Phi) is 3.53. The van der Waals surface area contributed by atoms with Gasteiger partial charge in [-0.2, -0.15) is 0 Å². The van der Waals surface area contributed by atoms with Crippen molar-refractivity contribution in [3.63, 3.8) is 0 Å². The standard InChI is InChI=1S/C15H9FN2O2S/c16-10-5-3-7-12(13(10)15(19)20)21-14-9-4-1-2-6-11(9)17-8-18-14/h1-8H,(H,19,20). The van der Waals surface area contributed by atoms with E-state index in [0.29, 0.717) is 9.92 Å². The van der Waals surface area contributed by atoms with Crippen molar-refractivity contribution in [3.05, 3.63) is 60.2 Å². The zero-order valence-electron chi connectivity index (χ0n) is 10.7. The second-order valence-corrected chi connectivity index (χ2v) is 5.25. The Labute approximate surface area is 123 Å². The van der Waals surface area contributed by atoms with Crippen LogP contribution >= 0.6 is 11.8 Å². The number of carboxylic acids is 1. The molecule has 3 rings (SSSR count). The fourth-order valence-electron chi connectivity index (χ4n) is 1.96. The Hall–Kier alpha value is -2.47. The van der Waals surface area contributed by atoms with Crippen molar-refractivity contribution in [1.82, 2.24) is 9.97 Å². The first-order chi connectivity index (χ1) is 10.2. The Morgan fingerprint density at radius 1 is 1.10 bits per heavy atom. The highest BCUT2D eigenvalue weighted by atomic mass is 32.2. The molecule has 0 fully saturated rings. The van der Waals surface area contributed by atoms with Crippen LogP contribution in [0.5, 0.6) is 0 Å².